The number of piperidine rings is 1. The van der Waals surface area contributed by atoms with Crippen molar-refractivity contribution in [3.8, 4) is 29.6 Å². The minimum absolute atomic E-state index is 0.0129. The van der Waals surface area contributed by atoms with Gasteiger partial charge < -0.3 is 9.64 Å². The number of pyridine rings is 1. The van der Waals surface area contributed by atoms with Crippen LogP contribution in [0.25, 0.3) is 39.0 Å². The van der Waals surface area contributed by atoms with Crippen LogP contribution in [0, 0.1) is 43.7 Å². The number of likely N-dealkylation sites (tertiary alicyclic amines) is 1. The van der Waals surface area contributed by atoms with Gasteiger partial charge in [-0.25, -0.2) is 27.7 Å². The molecule has 5 aromatic rings. The summed E-state index contributed by atoms with van der Waals surface area (Å²) < 4.78 is 54.6. The number of fused-ring (bicyclic) bond motifs is 3. The van der Waals surface area contributed by atoms with Crippen molar-refractivity contribution in [1.82, 2.24) is 34.7 Å². The minimum atomic E-state index is -0.949. The molecule has 3 aromatic heterocycles. The monoisotopic (exact) mass is 759 g/mol. The number of carbonyl (C=O) groups is 1. The molecule has 0 N–H and O–H groups in total. The maximum atomic E-state index is 17.0. The van der Waals surface area contributed by atoms with E-state index in [2.05, 4.69) is 30.8 Å². The van der Waals surface area contributed by atoms with Crippen molar-refractivity contribution in [3.63, 3.8) is 0 Å². The van der Waals surface area contributed by atoms with Crippen molar-refractivity contribution in [2.24, 2.45) is 5.92 Å². The molecule has 2 aromatic carbocycles. The second kappa shape index (κ2) is 15.1. The fraction of sp³-hybridized carbons (Fsp3) is 0.372. The van der Waals surface area contributed by atoms with Crippen LogP contribution in [0.2, 0.25) is 0 Å². The number of nitrogens with zero attached hydrogens (tertiary/aromatic N) is 8. The summed E-state index contributed by atoms with van der Waals surface area (Å²) in [6, 6.07) is 9.83. The smallest absolute Gasteiger partial charge is 0.434 e. The van der Waals surface area contributed by atoms with Crippen LogP contribution in [-0.2, 0) is 4.79 Å². The number of hydrogen-bond donors (Lipinski definition) is 0. The van der Waals surface area contributed by atoms with Gasteiger partial charge in [0.2, 0.25) is 5.91 Å². The number of rotatable bonds is 8. The summed E-state index contributed by atoms with van der Waals surface area (Å²) in [7, 11) is 1.81. The van der Waals surface area contributed by atoms with Gasteiger partial charge >= 0.3 is 11.8 Å². The van der Waals surface area contributed by atoms with Crippen LogP contribution in [0.3, 0.4) is 0 Å². The molecule has 0 spiro atoms. The van der Waals surface area contributed by atoms with E-state index in [0.29, 0.717) is 65.1 Å². The largest absolute Gasteiger partial charge is 0.443 e. The number of benzene rings is 2. The lowest BCUT2D eigenvalue weighted by molar-refractivity contribution is -0.405. The Morgan fingerprint density at radius 1 is 1.11 bits per heavy atom. The number of halogens is 3. The van der Waals surface area contributed by atoms with Gasteiger partial charge in [0.25, 0.3) is 0 Å². The van der Waals surface area contributed by atoms with Gasteiger partial charge in [0.1, 0.15) is 41.0 Å². The fourth-order valence-electron chi connectivity index (χ4n) is 8.69. The number of hydrogen-bond acceptors (Lipinski definition) is 8. The Kier molecular flexibility index (Phi) is 10.0. The first-order valence-corrected chi connectivity index (χ1v) is 19.0. The summed E-state index contributed by atoms with van der Waals surface area (Å²) in [6.45, 7) is 6.08. The summed E-state index contributed by atoms with van der Waals surface area (Å²) in [5.41, 5.74) is 1.26. The van der Waals surface area contributed by atoms with Gasteiger partial charge in [-0.15, -0.1) is 6.42 Å². The summed E-state index contributed by atoms with van der Waals surface area (Å²) >= 11 is 0. The lowest BCUT2D eigenvalue weighted by atomic mass is 9.95. The molecule has 0 radical (unpaired) electrons. The molecule has 3 saturated heterocycles. The molecular formula is C43H42F3N8O2+. The number of ether oxygens (including phenoxy) is 1. The molecular weight excluding hydrogens is 718 g/mol. The van der Waals surface area contributed by atoms with Crippen LogP contribution >= 0.6 is 0 Å². The zero-order chi connectivity index (χ0) is 39.1. The molecule has 10 nitrogen and oxygen atoms in total. The maximum absolute atomic E-state index is 17.0. The van der Waals surface area contributed by atoms with Crippen LogP contribution in [0.5, 0.6) is 6.01 Å². The Bertz CT molecular complexity index is 2460. The molecule has 3 aliphatic rings. The third-order valence-corrected chi connectivity index (χ3v) is 11.2. The van der Waals surface area contributed by atoms with E-state index in [1.807, 2.05) is 33.2 Å². The first-order valence-electron chi connectivity index (χ1n) is 19.0. The van der Waals surface area contributed by atoms with Gasteiger partial charge in [-0.2, -0.15) is 4.98 Å². The molecule has 0 aliphatic carbocycles. The lowest BCUT2D eigenvalue weighted by Gasteiger charge is -2.30. The number of terminal acetylenes is 1. The Hall–Kier alpha value is -5.74. The van der Waals surface area contributed by atoms with Crippen LogP contribution in [0.15, 0.2) is 48.7 Å². The van der Waals surface area contributed by atoms with Crippen LogP contribution in [-0.4, -0.2) is 103 Å². The van der Waals surface area contributed by atoms with E-state index in [0.717, 1.165) is 37.9 Å². The highest BCUT2D eigenvalue weighted by Crippen LogP contribution is 2.41. The normalized spacial score (nSPS) is 21.6. The van der Waals surface area contributed by atoms with Crippen molar-refractivity contribution in [2.45, 2.75) is 57.7 Å². The van der Waals surface area contributed by atoms with Crippen molar-refractivity contribution >= 4 is 45.7 Å². The highest BCUT2D eigenvalue weighted by molar-refractivity contribution is 6.01. The number of aryl methyl sites for hydroxylation is 2. The zero-order valence-corrected chi connectivity index (χ0v) is 31.6. The standard InChI is InChI=1S/C43H42F3N8O2/c1-5-32-35(45)14-12-29-10-6-11-33(37(29)32)39-38(46)40-34(21-47-39)41(51-42(50-40)56-25-43-16-8-18-54(43)24-30(44)20-43)52(4)22-28-9-7-17-53(23-28)36(55)15-13-31-19-26(2)48-27(3)49-31/h1,6,10-15,19,21-22,28,30H,7-9,16-18,20,23-25H2,2-4H3/q+1/b15-13+,52-22-/t28?,30-,43+/m1/s1. The molecule has 56 heavy (non-hydrogen) atoms. The molecule has 1 amide bonds. The van der Waals surface area contributed by atoms with E-state index in [9.17, 15) is 13.6 Å². The van der Waals surface area contributed by atoms with Crippen molar-refractivity contribution < 1.29 is 27.3 Å². The second-order valence-corrected chi connectivity index (χ2v) is 15.1. The summed E-state index contributed by atoms with van der Waals surface area (Å²) in [5.74, 6) is 1.91. The second-order valence-electron chi connectivity index (χ2n) is 15.1. The van der Waals surface area contributed by atoms with Gasteiger partial charge in [-0.1, -0.05) is 30.2 Å². The fourth-order valence-corrected chi connectivity index (χ4v) is 8.69. The molecule has 8 rings (SSSR count). The zero-order valence-electron chi connectivity index (χ0n) is 31.6. The van der Waals surface area contributed by atoms with E-state index < -0.39 is 23.3 Å². The predicted molar refractivity (Wildman–Crippen MR) is 208 cm³/mol. The van der Waals surface area contributed by atoms with Gasteiger partial charge in [-0.05, 0) is 69.7 Å². The van der Waals surface area contributed by atoms with Gasteiger partial charge in [0.15, 0.2) is 5.82 Å². The van der Waals surface area contributed by atoms with Crippen LogP contribution in [0.1, 0.15) is 54.9 Å². The third-order valence-electron chi connectivity index (χ3n) is 11.2. The Balaban J connectivity index is 1.15. The van der Waals surface area contributed by atoms with Gasteiger partial charge in [0, 0.05) is 65.9 Å². The van der Waals surface area contributed by atoms with Gasteiger partial charge in [-0.3, -0.25) is 14.7 Å². The van der Waals surface area contributed by atoms with E-state index >= 15 is 4.39 Å². The average molecular weight is 760 g/mol. The Labute approximate surface area is 323 Å². The average Bonchev–Trinajstić information content (AvgIpc) is 3.71. The highest BCUT2D eigenvalue weighted by atomic mass is 19.1. The Morgan fingerprint density at radius 3 is 2.79 bits per heavy atom. The van der Waals surface area contributed by atoms with Crippen LogP contribution < -0.4 is 4.74 Å². The van der Waals surface area contributed by atoms with Crippen molar-refractivity contribution in [3.05, 3.63) is 83.1 Å². The molecule has 3 atom stereocenters. The SMILES string of the molecule is C#Cc1c(F)ccc2cccc(-c3ncc4c(/[N+](C)=C\C5CCCN(C(=O)/C=C/c6cc(C)nc(C)n6)C5)nc(OC[C@@]56CCCN5C[C@H](F)C6)nc4c3F)c12. The Morgan fingerprint density at radius 2 is 1.96 bits per heavy atom. The topological polar surface area (TPSA) is 100 Å². The van der Waals surface area contributed by atoms with E-state index in [1.165, 1.54) is 18.3 Å². The number of aromatic nitrogens is 5. The summed E-state index contributed by atoms with van der Waals surface area (Å²) in [5, 5.41) is 1.33. The number of amides is 1. The number of carbonyl (C=O) groups excluding carboxylic acids is 1. The molecule has 6 heterocycles. The molecule has 3 aliphatic heterocycles. The molecule has 0 saturated carbocycles. The molecule has 0 bridgehead atoms. The number of alkyl halides is 1. The maximum Gasteiger partial charge on any atom is 0.434 e. The predicted octanol–water partition coefficient (Wildman–Crippen LogP) is 6.76. The van der Waals surface area contributed by atoms with Crippen molar-refractivity contribution in [1.29, 1.82) is 0 Å². The molecule has 286 valence electrons. The summed E-state index contributed by atoms with van der Waals surface area (Å²) in [4.78, 5) is 39.9. The van der Waals surface area contributed by atoms with Gasteiger partial charge in [0.05, 0.1) is 30.1 Å². The quantitative estimate of drug-likeness (QED) is 0.0741. The van der Waals surface area contributed by atoms with E-state index in [-0.39, 0.29) is 41.2 Å². The lowest BCUT2D eigenvalue weighted by Crippen LogP contribution is -2.43. The molecule has 1 unspecified atom stereocenters. The summed E-state index contributed by atoms with van der Waals surface area (Å²) in [6.07, 6.45) is 15.2. The third kappa shape index (κ3) is 7.09. The van der Waals surface area contributed by atoms with Crippen LogP contribution in [0.4, 0.5) is 19.0 Å². The van der Waals surface area contributed by atoms with Crippen molar-refractivity contribution in [2.75, 3.05) is 39.8 Å². The first kappa shape index (κ1) is 37.2. The van der Waals surface area contributed by atoms with E-state index in [1.54, 1.807) is 39.8 Å². The molecule has 13 heteroatoms. The van der Waals surface area contributed by atoms with E-state index in [4.69, 9.17) is 16.1 Å². The first-order chi connectivity index (χ1) is 27.0. The minimum Gasteiger partial charge on any atom is -0.443 e. The molecule has 3 fully saturated rings. The highest BCUT2D eigenvalue weighted by Gasteiger charge is 2.49.